The average molecular weight is 319 g/mol. The van der Waals surface area contributed by atoms with E-state index in [1.165, 1.54) is 36.5 Å². The smallest absolute Gasteiger partial charge is 0.335 e. The second-order valence-electron chi connectivity index (χ2n) is 4.53. The Labute approximate surface area is 130 Å². The van der Waals surface area contributed by atoms with E-state index in [9.17, 15) is 14.9 Å². The van der Waals surface area contributed by atoms with Crippen molar-refractivity contribution in [3.05, 3.63) is 68.2 Å². The van der Waals surface area contributed by atoms with Crippen LogP contribution < -0.4 is 0 Å². The fourth-order valence-corrected chi connectivity index (χ4v) is 1.98. The number of aromatic carboxylic acids is 1. The maximum absolute atomic E-state index is 10.9. The Hall–Kier alpha value is -2.73. The summed E-state index contributed by atoms with van der Waals surface area (Å²) in [6.07, 6.45) is 1.41. The highest BCUT2D eigenvalue weighted by molar-refractivity contribution is 6.33. The topological polar surface area (TPSA) is 92.8 Å². The maximum Gasteiger partial charge on any atom is 0.335 e. The summed E-state index contributed by atoms with van der Waals surface area (Å²) in [5, 5.41) is 20.0. The molecule has 0 aliphatic heterocycles. The minimum absolute atomic E-state index is 0.0798. The highest BCUT2D eigenvalue weighted by Crippen LogP contribution is 2.23. The number of hydrogen-bond acceptors (Lipinski definition) is 4. The molecular weight excluding hydrogens is 308 g/mol. The average Bonchev–Trinajstić information content (AvgIpc) is 2.47. The molecular formula is C15H11ClN2O4. The van der Waals surface area contributed by atoms with Crippen LogP contribution in [-0.2, 0) is 0 Å². The lowest BCUT2D eigenvalue weighted by atomic mass is 10.1. The first-order valence-electron chi connectivity index (χ1n) is 6.20. The van der Waals surface area contributed by atoms with Gasteiger partial charge >= 0.3 is 5.97 Å². The van der Waals surface area contributed by atoms with Crippen molar-refractivity contribution in [1.29, 1.82) is 0 Å². The zero-order valence-corrected chi connectivity index (χ0v) is 12.2. The molecule has 0 spiro atoms. The number of rotatable bonds is 4. The second kappa shape index (κ2) is 6.36. The molecule has 0 atom stereocenters. The second-order valence-corrected chi connectivity index (χ2v) is 4.93. The van der Waals surface area contributed by atoms with Gasteiger partial charge in [-0.2, -0.15) is 0 Å². The van der Waals surface area contributed by atoms with Gasteiger partial charge in [-0.05, 0) is 36.8 Å². The van der Waals surface area contributed by atoms with Crippen molar-refractivity contribution in [3.8, 4) is 0 Å². The Balaban J connectivity index is 2.34. The summed E-state index contributed by atoms with van der Waals surface area (Å²) in [6, 6.07) is 8.59. The molecule has 0 bridgehead atoms. The summed E-state index contributed by atoms with van der Waals surface area (Å²) in [6.45, 7) is 1.73. The molecule has 0 unspecified atom stereocenters. The molecule has 2 aromatic rings. The fourth-order valence-electron chi connectivity index (χ4n) is 1.82. The van der Waals surface area contributed by atoms with E-state index in [1.807, 2.05) is 0 Å². The zero-order chi connectivity index (χ0) is 16.3. The van der Waals surface area contributed by atoms with Crippen LogP contribution in [0, 0.1) is 17.0 Å². The van der Waals surface area contributed by atoms with Crippen LogP contribution in [0.5, 0.6) is 0 Å². The number of halogens is 1. The van der Waals surface area contributed by atoms with Crippen LogP contribution in [0.3, 0.4) is 0 Å². The van der Waals surface area contributed by atoms with E-state index < -0.39 is 10.9 Å². The molecule has 0 radical (unpaired) electrons. The van der Waals surface area contributed by atoms with Crippen molar-refractivity contribution < 1.29 is 14.8 Å². The van der Waals surface area contributed by atoms with E-state index in [-0.39, 0.29) is 11.3 Å². The van der Waals surface area contributed by atoms with Gasteiger partial charge in [-0.25, -0.2) is 4.79 Å². The maximum atomic E-state index is 10.9. The number of carboxylic acid groups (broad SMARTS) is 1. The number of nitrogens with zero attached hydrogens (tertiary/aromatic N) is 2. The van der Waals surface area contributed by atoms with Crippen LogP contribution in [0.15, 0.2) is 41.4 Å². The Morgan fingerprint density at radius 3 is 2.64 bits per heavy atom. The third-order valence-electron chi connectivity index (χ3n) is 2.98. The minimum atomic E-state index is -1.01. The van der Waals surface area contributed by atoms with Gasteiger partial charge in [0.25, 0.3) is 5.69 Å². The third kappa shape index (κ3) is 3.48. The van der Waals surface area contributed by atoms with Gasteiger partial charge in [-0.1, -0.05) is 11.6 Å². The van der Waals surface area contributed by atoms with Crippen LogP contribution in [0.4, 0.5) is 11.4 Å². The number of aliphatic imine (C=N–C) groups is 1. The van der Waals surface area contributed by atoms with Crippen molar-refractivity contribution in [2.24, 2.45) is 4.99 Å². The lowest BCUT2D eigenvalue weighted by Gasteiger charge is -2.02. The van der Waals surface area contributed by atoms with Gasteiger partial charge < -0.3 is 5.11 Å². The van der Waals surface area contributed by atoms with E-state index in [0.717, 1.165) is 0 Å². The summed E-state index contributed by atoms with van der Waals surface area (Å²) >= 11 is 5.98. The Kier molecular flexibility index (Phi) is 4.53. The van der Waals surface area contributed by atoms with Crippen molar-refractivity contribution in [2.75, 3.05) is 0 Å². The van der Waals surface area contributed by atoms with Crippen molar-refractivity contribution >= 4 is 35.2 Å². The standard InChI is InChI=1S/C15H11ClN2O4/c1-9-6-10(15(19)20)2-5-14(9)17-8-11-7-12(18(21)22)3-4-13(11)16/h2-8H,1H3,(H,19,20). The molecule has 2 rings (SSSR count). The first-order valence-corrected chi connectivity index (χ1v) is 6.58. The lowest BCUT2D eigenvalue weighted by molar-refractivity contribution is -0.384. The van der Waals surface area contributed by atoms with Crippen molar-refractivity contribution in [2.45, 2.75) is 6.92 Å². The summed E-state index contributed by atoms with van der Waals surface area (Å²) in [4.78, 5) is 25.3. The number of carboxylic acids is 1. The molecule has 0 aromatic heterocycles. The molecule has 0 aliphatic carbocycles. The van der Waals surface area contributed by atoms with Crippen LogP contribution in [-0.4, -0.2) is 22.2 Å². The van der Waals surface area contributed by atoms with E-state index >= 15 is 0 Å². The number of hydrogen-bond donors (Lipinski definition) is 1. The number of nitro benzene ring substituents is 1. The summed E-state index contributed by atoms with van der Waals surface area (Å²) in [5.41, 5.74) is 1.75. The molecule has 0 amide bonds. The van der Waals surface area contributed by atoms with Crippen LogP contribution in [0.2, 0.25) is 5.02 Å². The number of benzene rings is 2. The number of non-ortho nitro benzene ring substituents is 1. The number of carbonyl (C=O) groups is 1. The predicted octanol–water partition coefficient (Wildman–Crippen LogP) is 4.01. The van der Waals surface area contributed by atoms with Gasteiger partial charge in [0, 0.05) is 28.9 Å². The first-order chi connectivity index (χ1) is 10.4. The van der Waals surface area contributed by atoms with E-state index in [1.54, 1.807) is 13.0 Å². The van der Waals surface area contributed by atoms with E-state index in [0.29, 0.717) is 21.8 Å². The normalized spacial score (nSPS) is 10.8. The molecule has 0 fully saturated rings. The molecule has 2 aromatic carbocycles. The zero-order valence-electron chi connectivity index (χ0n) is 11.5. The largest absolute Gasteiger partial charge is 0.478 e. The van der Waals surface area contributed by atoms with Crippen LogP contribution >= 0.6 is 11.6 Å². The SMILES string of the molecule is Cc1cc(C(=O)O)ccc1N=Cc1cc([N+](=O)[O-])ccc1Cl. The lowest BCUT2D eigenvalue weighted by Crippen LogP contribution is -1.96. The number of nitro groups is 1. The van der Waals surface area contributed by atoms with Gasteiger partial charge in [0.15, 0.2) is 0 Å². The molecule has 112 valence electrons. The van der Waals surface area contributed by atoms with Crippen LogP contribution in [0.25, 0.3) is 0 Å². The molecule has 0 saturated heterocycles. The van der Waals surface area contributed by atoms with Crippen molar-refractivity contribution in [3.63, 3.8) is 0 Å². The van der Waals surface area contributed by atoms with E-state index in [2.05, 4.69) is 4.99 Å². The Morgan fingerprint density at radius 2 is 2.05 bits per heavy atom. The summed E-state index contributed by atoms with van der Waals surface area (Å²) in [5.74, 6) is -1.01. The highest BCUT2D eigenvalue weighted by atomic mass is 35.5. The molecule has 0 saturated carbocycles. The highest BCUT2D eigenvalue weighted by Gasteiger charge is 2.09. The predicted molar refractivity (Wildman–Crippen MR) is 83.5 cm³/mol. The third-order valence-corrected chi connectivity index (χ3v) is 3.32. The quantitative estimate of drug-likeness (QED) is 0.523. The van der Waals surface area contributed by atoms with Gasteiger partial charge in [0.05, 0.1) is 16.2 Å². The van der Waals surface area contributed by atoms with Crippen LogP contribution in [0.1, 0.15) is 21.5 Å². The molecule has 6 nitrogen and oxygen atoms in total. The monoisotopic (exact) mass is 318 g/mol. The molecule has 0 aliphatic rings. The van der Waals surface area contributed by atoms with Crippen molar-refractivity contribution in [1.82, 2.24) is 0 Å². The number of aryl methyl sites for hydroxylation is 1. The van der Waals surface area contributed by atoms with Gasteiger partial charge in [-0.15, -0.1) is 0 Å². The minimum Gasteiger partial charge on any atom is -0.478 e. The van der Waals surface area contributed by atoms with E-state index in [4.69, 9.17) is 16.7 Å². The Bertz CT molecular complexity index is 787. The fraction of sp³-hybridized carbons (Fsp3) is 0.0667. The summed E-state index contributed by atoms with van der Waals surface area (Å²) in [7, 11) is 0. The molecule has 22 heavy (non-hydrogen) atoms. The van der Waals surface area contributed by atoms with Gasteiger partial charge in [0.1, 0.15) is 0 Å². The van der Waals surface area contributed by atoms with Gasteiger partial charge in [0.2, 0.25) is 0 Å². The first kappa shape index (κ1) is 15.7. The summed E-state index contributed by atoms with van der Waals surface area (Å²) < 4.78 is 0. The molecule has 0 heterocycles. The van der Waals surface area contributed by atoms with Gasteiger partial charge in [-0.3, -0.25) is 15.1 Å². The Morgan fingerprint density at radius 1 is 1.32 bits per heavy atom. The molecule has 1 N–H and O–H groups in total. The molecule has 7 heteroatoms.